The number of benzene rings is 1. The second-order valence-electron chi connectivity index (χ2n) is 10.4. The first-order valence-electron chi connectivity index (χ1n) is 13.6. The molecule has 2 aromatic heterocycles. The number of halogens is 1. The van der Waals surface area contributed by atoms with Crippen molar-refractivity contribution < 1.29 is 19.1 Å². The highest BCUT2D eigenvalue weighted by Crippen LogP contribution is 2.36. The average Bonchev–Trinajstić information content (AvgIpc) is 3.57. The first-order chi connectivity index (χ1) is 19.8. The Balaban J connectivity index is 1.43. The zero-order valence-electron chi connectivity index (χ0n) is 23.4. The lowest BCUT2D eigenvalue weighted by atomic mass is 9.99. The van der Waals surface area contributed by atoms with Crippen molar-refractivity contribution in [3.63, 3.8) is 0 Å². The zero-order valence-corrected chi connectivity index (χ0v) is 24.1. The number of nitrogens with one attached hydrogen (secondary N) is 1. The van der Waals surface area contributed by atoms with Crippen molar-refractivity contribution in [2.45, 2.75) is 32.5 Å². The van der Waals surface area contributed by atoms with Gasteiger partial charge in [-0.15, -0.1) is 5.10 Å². The van der Waals surface area contributed by atoms with E-state index in [0.717, 1.165) is 5.56 Å². The van der Waals surface area contributed by atoms with Crippen LogP contribution in [0.2, 0.25) is 5.02 Å². The monoisotopic (exact) mass is 583 g/mol. The lowest BCUT2D eigenvalue weighted by Crippen LogP contribution is -2.39. The van der Waals surface area contributed by atoms with Crippen molar-refractivity contribution in [3.8, 4) is 11.5 Å². The molecular formula is C28H34ClN7O5. The molecule has 0 aliphatic carbocycles. The van der Waals surface area contributed by atoms with E-state index in [4.69, 9.17) is 21.1 Å². The molecule has 2 aliphatic rings. The van der Waals surface area contributed by atoms with Crippen molar-refractivity contribution in [2.24, 2.45) is 5.92 Å². The van der Waals surface area contributed by atoms with Crippen LogP contribution in [0.15, 0.2) is 41.5 Å². The van der Waals surface area contributed by atoms with Crippen molar-refractivity contribution in [1.82, 2.24) is 34.7 Å². The number of aromatic nitrogens is 4. The van der Waals surface area contributed by atoms with Gasteiger partial charge in [0.1, 0.15) is 11.3 Å². The molecule has 1 saturated heterocycles. The second kappa shape index (κ2) is 12.3. The summed E-state index contributed by atoms with van der Waals surface area (Å²) in [6, 6.07) is 6.73. The molecule has 2 atom stereocenters. The van der Waals surface area contributed by atoms with Crippen molar-refractivity contribution in [3.05, 3.63) is 68.9 Å². The van der Waals surface area contributed by atoms with Crippen LogP contribution in [0.3, 0.4) is 0 Å². The molecule has 1 N–H and O–H groups in total. The summed E-state index contributed by atoms with van der Waals surface area (Å²) in [5.74, 6) is 0.641. The van der Waals surface area contributed by atoms with Crippen molar-refractivity contribution in [2.75, 3.05) is 46.9 Å². The molecule has 41 heavy (non-hydrogen) atoms. The Hall–Kier alpha value is -3.90. The Bertz CT molecular complexity index is 1490. The third kappa shape index (κ3) is 6.23. The van der Waals surface area contributed by atoms with E-state index in [2.05, 4.69) is 20.5 Å². The number of nitrogens with zero attached hydrogens (tertiary/aromatic N) is 6. The Labute approximate surface area is 242 Å². The summed E-state index contributed by atoms with van der Waals surface area (Å²) >= 11 is 6.61. The molecule has 0 radical (unpaired) electrons. The Morgan fingerprint density at radius 1 is 1.17 bits per heavy atom. The van der Waals surface area contributed by atoms with Gasteiger partial charge in [0.15, 0.2) is 11.5 Å². The summed E-state index contributed by atoms with van der Waals surface area (Å²) in [6.45, 7) is 4.95. The summed E-state index contributed by atoms with van der Waals surface area (Å²) in [5.41, 5.74) is 1.14. The summed E-state index contributed by atoms with van der Waals surface area (Å²) in [6.07, 6.45) is 3.73. The standard InChI is InChI=1S/C28H34ClN7O5/c1-4-41-25-10-18(22(29)12-24(25)40-3)13-34-14-19-11-26(37)30-7-9-33(2)27(38)21-6-5-8-35(28(21)39)15-20-16-36(32-31-20)23(19)17-34/h5-6,8,10,12,16,19,23H,4,7,9,11,13-15,17H2,1-3H3,(H,30,37)/t19-,23+/m0/s1. The molecule has 4 heterocycles. The fraction of sp³-hybridized carbons (Fsp3) is 0.464. The number of rotatable bonds is 5. The smallest absolute Gasteiger partial charge is 0.263 e. The van der Waals surface area contributed by atoms with Crippen LogP contribution in [-0.4, -0.2) is 88.1 Å². The topological polar surface area (TPSA) is 124 Å². The summed E-state index contributed by atoms with van der Waals surface area (Å²) in [5, 5.41) is 12.2. The maximum atomic E-state index is 13.1. The molecule has 0 spiro atoms. The van der Waals surface area contributed by atoms with Gasteiger partial charge in [0.25, 0.3) is 11.5 Å². The minimum absolute atomic E-state index is 0.0498. The lowest BCUT2D eigenvalue weighted by Gasteiger charge is -2.20. The van der Waals surface area contributed by atoms with Crippen LogP contribution in [0.4, 0.5) is 0 Å². The van der Waals surface area contributed by atoms with Gasteiger partial charge >= 0.3 is 0 Å². The zero-order chi connectivity index (χ0) is 29.1. The molecule has 13 heteroatoms. The number of hydrogen-bond acceptors (Lipinski definition) is 8. The average molecular weight is 584 g/mol. The normalized spacial score (nSPS) is 20.0. The van der Waals surface area contributed by atoms with E-state index in [-0.39, 0.29) is 49.5 Å². The molecule has 1 fully saturated rings. The van der Waals surface area contributed by atoms with Crippen LogP contribution >= 0.6 is 11.6 Å². The molecule has 0 unspecified atom stereocenters. The highest BCUT2D eigenvalue weighted by Gasteiger charge is 2.36. The van der Waals surface area contributed by atoms with Gasteiger partial charge in [-0.2, -0.15) is 0 Å². The number of carbonyl (C=O) groups excluding carboxylic acids is 2. The molecule has 218 valence electrons. The van der Waals surface area contributed by atoms with Crippen LogP contribution in [0.5, 0.6) is 11.5 Å². The molecule has 1 aromatic carbocycles. The van der Waals surface area contributed by atoms with Crippen molar-refractivity contribution in [1.29, 1.82) is 0 Å². The van der Waals surface area contributed by atoms with Gasteiger partial charge in [-0.3, -0.25) is 19.3 Å². The Morgan fingerprint density at radius 3 is 2.78 bits per heavy atom. The van der Waals surface area contributed by atoms with Gasteiger partial charge in [-0.1, -0.05) is 16.8 Å². The van der Waals surface area contributed by atoms with Gasteiger partial charge < -0.3 is 24.3 Å². The summed E-state index contributed by atoms with van der Waals surface area (Å²) in [4.78, 5) is 42.7. The summed E-state index contributed by atoms with van der Waals surface area (Å²) in [7, 11) is 3.19. The molecule has 0 saturated carbocycles. The van der Waals surface area contributed by atoms with E-state index in [9.17, 15) is 14.4 Å². The SMILES string of the molecule is CCOc1cc(CN2C[C@@H]3CC(=O)NCCN(C)C(=O)c4cccn(c4=O)Cc4cn(nn4)[C@@H]3C2)c(Cl)cc1OC. The van der Waals surface area contributed by atoms with Gasteiger partial charge in [0.05, 0.1) is 32.5 Å². The maximum Gasteiger partial charge on any atom is 0.263 e. The number of hydrogen-bond donors (Lipinski definition) is 1. The number of pyridine rings is 1. The number of likely N-dealkylation sites (N-methyl/N-ethyl adjacent to an activating group) is 1. The van der Waals surface area contributed by atoms with Gasteiger partial charge in [-0.25, -0.2) is 4.68 Å². The molecule has 12 nitrogen and oxygen atoms in total. The van der Waals surface area contributed by atoms with Crippen LogP contribution in [0.25, 0.3) is 0 Å². The molecule has 4 bridgehead atoms. The predicted octanol–water partition coefficient (Wildman–Crippen LogP) is 1.81. The third-order valence-corrected chi connectivity index (χ3v) is 7.90. The van der Waals surface area contributed by atoms with E-state index in [0.29, 0.717) is 48.5 Å². The van der Waals surface area contributed by atoms with E-state index in [1.165, 1.54) is 15.5 Å². The minimum atomic E-state index is -0.400. The number of amides is 2. The van der Waals surface area contributed by atoms with Crippen LogP contribution in [-0.2, 0) is 17.9 Å². The van der Waals surface area contributed by atoms with Gasteiger partial charge in [0.2, 0.25) is 5.91 Å². The minimum Gasteiger partial charge on any atom is -0.493 e. The molecule has 5 rings (SSSR count). The van der Waals surface area contributed by atoms with Crippen LogP contribution in [0, 0.1) is 5.92 Å². The van der Waals surface area contributed by atoms with E-state index < -0.39 is 11.5 Å². The van der Waals surface area contributed by atoms with Crippen LogP contribution in [0.1, 0.15) is 41.0 Å². The first kappa shape index (κ1) is 28.6. The number of ether oxygens (including phenoxy) is 2. The Kier molecular flexibility index (Phi) is 8.60. The molecule has 2 amide bonds. The van der Waals surface area contributed by atoms with E-state index in [1.807, 2.05) is 19.2 Å². The molecular weight excluding hydrogens is 550 g/mol. The van der Waals surface area contributed by atoms with Gasteiger partial charge in [-0.05, 0) is 30.7 Å². The molecule has 2 aliphatic heterocycles. The Morgan fingerprint density at radius 2 is 2.00 bits per heavy atom. The fourth-order valence-electron chi connectivity index (χ4n) is 5.47. The van der Waals surface area contributed by atoms with Crippen molar-refractivity contribution >= 4 is 23.4 Å². The highest BCUT2D eigenvalue weighted by molar-refractivity contribution is 6.31. The lowest BCUT2D eigenvalue weighted by molar-refractivity contribution is -0.122. The first-order valence-corrected chi connectivity index (χ1v) is 14.0. The van der Waals surface area contributed by atoms with Gasteiger partial charge in [0, 0.05) is 69.4 Å². The maximum absolute atomic E-state index is 13.1. The number of fused-ring (bicyclic) bond motifs is 6. The quantitative estimate of drug-likeness (QED) is 0.482. The number of likely N-dealkylation sites (tertiary alicyclic amines) is 1. The largest absolute Gasteiger partial charge is 0.493 e. The highest BCUT2D eigenvalue weighted by atomic mass is 35.5. The van der Waals surface area contributed by atoms with E-state index >= 15 is 0 Å². The fourth-order valence-corrected chi connectivity index (χ4v) is 5.68. The van der Waals surface area contributed by atoms with E-state index in [1.54, 1.807) is 37.2 Å². The number of carbonyl (C=O) groups is 2. The third-order valence-electron chi connectivity index (χ3n) is 7.55. The summed E-state index contributed by atoms with van der Waals surface area (Å²) < 4.78 is 14.4. The van der Waals surface area contributed by atoms with Crippen LogP contribution < -0.4 is 20.3 Å². The predicted molar refractivity (Wildman–Crippen MR) is 151 cm³/mol. The number of methoxy groups -OCH3 is 1. The second-order valence-corrected chi connectivity index (χ2v) is 10.8. The molecule has 3 aromatic rings.